The van der Waals surface area contributed by atoms with Crippen molar-refractivity contribution < 1.29 is 4.79 Å². The SMILES string of the molecule is CC(NC(=O)Cc1cn2ccsc2n1)C1CC2CCC1C2. The zero-order valence-electron chi connectivity index (χ0n) is 12.3. The summed E-state index contributed by atoms with van der Waals surface area (Å²) in [6.45, 7) is 2.18. The van der Waals surface area contributed by atoms with Crippen LogP contribution in [0.1, 0.15) is 38.3 Å². The maximum absolute atomic E-state index is 12.2. The second kappa shape index (κ2) is 5.13. The van der Waals surface area contributed by atoms with E-state index < -0.39 is 0 Å². The molecule has 4 rings (SSSR count). The molecule has 0 saturated heterocycles. The zero-order chi connectivity index (χ0) is 14.4. The van der Waals surface area contributed by atoms with Crippen LogP contribution in [0.4, 0.5) is 0 Å². The van der Waals surface area contributed by atoms with Crippen LogP contribution >= 0.6 is 11.3 Å². The molecule has 2 aromatic rings. The van der Waals surface area contributed by atoms with E-state index in [1.807, 2.05) is 22.2 Å². The topological polar surface area (TPSA) is 46.4 Å². The predicted octanol–water partition coefficient (Wildman–Crippen LogP) is 2.88. The van der Waals surface area contributed by atoms with Gasteiger partial charge in [-0.1, -0.05) is 6.42 Å². The number of amides is 1. The minimum atomic E-state index is 0.107. The van der Waals surface area contributed by atoms with Crippen molar-refractivity contribution in [2.24, 2.45) is 17.8 Å². The Labute approximate surface area is 128 Å². The second-order valence-corrected chi connectivity index (χ2v) is 7.57. The van der Waals surface area contributed by atoms with Crippen molar-refractivity contribution in [3.8, 4) is 0 Å². The lowest BCUT2D eigenvalue weighted by atomic mass is 9.84. The monoisotopic (exact) mass is 303 g/mol. The second-order valence-electron chi connectivity index (χ2n) is 6.70. The van der Waals surface area contributed by atoms with Crippen LogP contribution in [-0.4, -0.2) is 21.3 Å². The Morgan fingerprint density at radius 1 is 1.52 bits per heavy atom. The fourth-order valence-corrected chi connectivity index (χ4v) is 5.06. The first-order valence-corrected chi connectivity index (χ1v) is 8.77. The molecule has 2 aliphatic rings. The molecule has 112 valence electrons. The van der Waals surface area contributed by atoms with Gasteiger partial charge < -0.3 is 5.32 Å². The van der Waals surface area contributed by atoms with Crippen molar-refractivity contribution in [1.29, 1.82) is 0 Å². The third-order valence-corrected chi connectivity index (χ3v) is 6.08. The molecular formula is C16H21N3OS. The summed E-state index contributed by atoms with van der Waals surface area (Å²) >= 11 is 1.60. The number of thiazole rings is 1. The molecule has 2 saturated carbocycles. The van der Waals surface area contributed by atoms with Gasteiger partial charge in [0.25, 0.3) is 0 Å². The molecule has 1 amide bonds. The average molecular weight is 303 g/mol. The Morgan fingerprint density at radius 2 is 2.43 bits per heavy atom. The van der Waals surface area contributed by atoms with Gasteiger partial charge in [0.1, 0.15) is 0 Å². The molecule has 21 heavy (non-hydrogen) atoms. The summed E-state index contributed by atoms with van der Waals surface area (Å²) in [6.07, 6.45) is 9.80. The number of aromatic nitrogens is 2. The van der Waals surface area contributed by atoms with Gasteiger partial charge >= 0.3 is 0 Å². The normalized spacial score (nSPS) is 29.1. The Hall–Kier alpha value is -1.36. The van der Waals surface area contributed by atoms with Crippen LogP contribution in [0.3, 0.4) is 0 Å². The van der Waals surface area contributed by atoms with Gasteiger partial charge in [0.2, 0.25) is 5.91 Å². The van der Waals surface area contributed by atoms with Crippen molar-refractivity contribution in [2.75, 3.05) is 0 Å². The number of carbonyl (C=O) groups is 1. The Bertz CT molecular complexity index is 633. The molecule has 4 nitrogen and oxygen atoms in total. The lowest BCUT2D eigenvalue weighted by Crippen LogP contribution is -2.40. The first kappa shape index (κ1) is 13.3. The summed E-state index contributed by atoms with van der Waals surface area (Å²) in [5.41, 5.74) is 0.861. The number of carbonyl (C=O) groups excluding carboxylic acids is 1. The van der Waals surface area contributed by atoms with Gasteiger partial charge in [-0.2, -0.15) is 0 Å². The highest BCUT2D eigenvalue weighted by Gasteiger charge is 2.42. The first-order chi connectivity index (χ1) is 10.2. The van der Waals surface area contributed by atoms with Crippen LogP contribution in [0.2, 0.25) is 0 Å². The number of nitrogens with zero attached hydrogens (tertiary/aromatic N) is 2. The third-order valence-electron chi connectivity index (χ3n) is 5.31. The van der Waals surface area contributed by atoms with Crippen LogP contribution in [0.15, 0.2) is 17.8 Å². The van der Waals surface area contributed by atoms with Crippen molar-refractivity contribution in [2.45, 2.75) is 45.1 Å². The number of rotatable bonds is 4. The number of hydrogen-bond acceptors (Lipinski definition) is 3. The summed E-state index contributed by atoms with van der Waals surface area (Å²) in [5, 5.41) is 5.21. The van der Waals surface area contributed by atoms with E-state index in [0.717, 1.165) is 22.5 Å². The van der Waals surface area contributed by atoms with Crippen molar-refractivity contribution in [1.82, 2.24) is 14.7 Å². The lowest BCUT2D eigenvalue weighted by Gasteiger charge is -2.28. The van der Waals surface area contributed by atoms with Crippen molar-refractivity contribution in [3.63, 3.8) is 0 Å². The fourth-order valence-electron chi connectivity index (χ4n) is 4.34. The van der Waals surface area contributed by atoms with E-state index in [1.165, 1.54) is 25.7 Å². The van der Waals surface area contributed by atoms with Gasteiger partial charge in [0.05, 0.1) is 12.1 Å². The molecular weight excluding hydrogens is 282 g/mol. The summed E-state index contributed by atoms with van der Waals surface area (Å²) in [5.74, 6) is 2.58. The molecule has 4 unspecified atom stereocenters. The summed E-state index contributed by atoms with van der Waals surface area (Å²) in [4.78, 5) is 17.7. The lowest BCUT2D eigenvalue weighted by molar-refractivity contribution is -0.121. The number of nitrogens with one attached hydrogen (secondary N) is 1. The summed E-state index contributed by atoms with van der Waals surface area (Å²) in [6, 6.07) is 0.302. The van der Waals surface area contributed by atoms with Gasteiger partial charge in [0.15, 0.2) is 4.96 Å². The highest BCUT2D eigenvalue weighted by Crippen LogP contribution is 2.49. The van der Waals surface area contributed by atoms with E-state index in [-0.39, 0.29) is 5.91 Å². The van der Waals surface area contributed by atoms with Crippen LogP contribution in [0.25, 0.3) is 4.96 Å². The van der Waals surface area contributed by atoms with E-state index in [4.69, 9.17) is 0 Å². The van der Waals surface area contributed by atoms with Crippen LogP contribution in [0.5, 0.6) is 0 Å². The maximum Gasteiger partial charge on any atom is 0.226 e. The number of fused-ring (bicyclic) bond motifs is 3. The Kier molecular flexibility index (Phi) is 3.25. The molecule has 2 aliphatic carbocycles. The molecule has 5 heteroatoms. The van der Waals surface area contributed by atoms with Gasteiger partial charge in [0, 0.05) is 23.8 Å². The summed E-state index contributed by atoms with van der Waals surface area (Å²) < 4.78 is 1.98. The third kappa shape index (κ3) is 2.48. The smallest absolute Gasteiger partial charge is 0.226 e. The maximum atomic E-state index is 12.2. The van der Waals surface area contributed by atoms with Crippen LogP contribution in [-0.2, 0) is 11.2 Å². The van der Waals surface area contributed by atoms with E-state index in [1.54, 1.807) is 11.3 Å². The van der Waals surface area contributed by atoms with Gasteiger partial charge in [-0.25, -0.2) is 4.98 Å². The van der Waals surface area contributed by atoms with E-state index in [2.05, 4.69) is 17.2 Å². The Morgan fingerprint density at radius 3 is 3.14 bits per heavy atom. The molecule has 0 spiro atoms. The molecule has 2 fully saturated rings. The van der Waals surface area contributed by atoms with Gasteiger partial charge in [-0.05, 0) is 43.9 Å². The Balaban J connectivity index is 1.36. The highest BCUT2D eigenvalue weighted by molar-refractivity contribution is 7.15. The zero-order valence-corrected chi connectivity index (χ0v) is 13.1. The van der Waals surface area contributed by atoms with Gasteiger partial charge in [-0.3, -0.25) is 9.20 Å². The molecule has 0 aromatic carbocycles. The molecule has 2 heterocycles. The number of imidazole rings is 1. The minimum Gasteiger partial charge on any atom is -0.353 e. The largest absolute Gasteiger partial charge is 0.353 e. The molecule has 4 atom stereocenters. The van der Waals surface area contributed by atoms with Crippen molar-refractivity contribution >= 4 is 22.2 Å². The van der Waals surface area contributed by atoms with Gasteiger partial charge in [-0.15, -0.1) is 11.3 Å². The molecule has 2 aromatic heterocycles. The van der Waals surface area contributed by atoms with E-state index >= 15 is 0 Å². The van der Waals surface area contributed by atoms with Crippen molar-refractivity contribution in [3.05, 3.63) is 23.5 Å². The summed E-state index contributed by atoms with van der Waals surface area (Å²) in [7, 11) is 0. The highest BCUT2D eigenvalue weighted by atomic mass is 32.1. The molecule has 2 bridgehead atoms. The van der Waals surface area contributed by atoms with E-state index in [0.29, 0.717) is 18.4 Å². The quantitative estimate of drug-likeness (QED) is 0.944. The number of hydrogen-bond donors (Lipinski definition) is 1. The molecule has 0 aliphatic heterocycles. The molecule has 1 N–H and O–H groups in total. The first-order valence-electron chi connectivity index (χ1n) is 7.89. The molecule has 0 radical (unpaired) electrons. The van der Waals surface area contributed by atoms with E-state index in [9.17, 15) is 4.79 Å². The fraction of sp³-hybridized carbons (Fsp3) is 0.625. The van der Waals surface area contributed by atoms with Crippen LogP contribution < -0.4 is 5.32 Å². The minimum absolute atomic E-state index is 0.107. The van der Waals surface area contributed by atoms with Crippen LogP contribution in [0, 0.1) is 17.8 Å². The predicted molar refractivity (Wildman–Crippen MR) is 83.3 cm³/mol. The average Bonchev–Trinajstić information content (AvgIpc) is 3.17. The standard InChI is InChI=1S/C16H21N3OS/c1-10(14-7-11-2-3-12(14)6-11)17-15(20)8-13-9-19-4-5-21-16(19)18-13/h4-5,9-12,14H,2-3,6-8H2,1H3,(H,17,20).